The van der Waals surface area contributed by atoms with Crippen molar-refractivity contribution in [1.82, 2.24) is 9.47 Å². The molecule has 3 aromatic carbocycles. The Bertz CT molecular complexity index is 1550. The number of anilines is 1. The summed E-state index contributed by atoms with van der Waals surface area (Å²) in [6.45, 7) is 2.35. The molecule has 4 aromatic rings. The van der Waals surface area contributed by atoms with Crippen molar-refractivity contribution in [1.29, 1.82) is 0 Å². The first kappa shape index (κ1) is 23.2. The number of pyridine rings is 1. The molecule has 2 amide bonds. The number of benzene rings is 3. The summed E-state index contributed by atoms with van der Waals surface area (Å²) in [4.78, 5) is 52.6. The molecule has 0 fully saturated rings. The molecule has 0 radical (unpaired) electrons. The first-order valence-corrected chi connectivity index (χ1v) is 11.8. The van der Waals surface area contributed by atoms with E-state index in [1.165, 1.54) is 23.1 Å². The maximum absolute atomic E-state index is 13.5. The molecular formula is C29H25N3O4. The Balaban J connectivity index is 1.41. The molecule has 1 aromatic heterocycles. The minimum atomic E-state index is -0.420. The van der Waals surface area contributed by atoms with Gasteiger partial charge < -0.3 is 10.2 Å². The number of carbonyl (C=O) groups excluding carboxylic acids is 3. The van der Waals surface area contributed by atoms with Crippen LogP contribution in [0.1, 0.15) is 38.8 Å². The van der Waals surface area contributed by atoms with Gasteiger partial charge in [0.05, 0.1) is 11.1 Å². The van der Waals surface area contributed by atoms with Crippen molar-refractivity contribution < 1.29 is 14.4 Å². The van der Waals surface area contributed by atoms with E-state index in [1.54, 1.807) is 47.4 Å². The Morgan fingerprint density at radius 1 is 0.889 bits per heavy atom. The van der Waals surface area contributed by atoms with Gasteiger partial charge in [-0.15, -0.1) is 0 Å². The van der Waals surface area contributed by atoms with Crippen molar-refractivity contribution in [2.45, 2.75) is 26.4 Å². The van der Waals surface area contributed by atoms with Crippen LogP contribution < -0.4 is 10.9 Å². The SMILES string of the molecule is CC(=O)c1ccc(NC(=O)Cn2c(=O)cc(C(=O)N3CCc4ccccc4C3)c3ccccc32)cc1. The average Bonchev–Trinajstić information content (AvgIpc) is 2.89. The Labute approximate surface area is 208 Å². The molecule has 0 bridgehead atoms. The molecular weight excluding hydrogens is 454 g/mol. The minimum absolute atomic E-state index is 0.0608. The van der Waals surface area contributed by atoms with Crippen LogP contribution in [0.2, 0.25) is 0 Å². The normalized spacial score (nSPS) is 12.8. The number of nitrogens with one attached hydrogen (secondary N) is 1. The smallest absolute Gasteiger partial charge is 0.255 e. The number of hydrogen-bond acceptors (Lipinski definition) is 4. The Morgan fingerprint density at radius 3 is 2.33 bits per heavy atom. The lowest BCUT2D eigenvalue weighted by Gasteiger charge is -2.29. The van der Waals surface area contributed by atoms with Crippen LogP contribution in [0.4, 0.5) is 5.69 Å². The van der Waals surface area contributed by atoms with Crippen LogP contribution in [0.15, 0.2) is 83.7 Å². The van der Waals surface area contributed by atoms with Crippen LogP contribution in [-0.4, -0.2) is 33.6 Å². The number of aromatic nitrogens is 1. The fourth-order valence-corrected chi connectivity index (χ4v) is 4.65. The summed E-state index contributed by atoms with van der Waals surface area (Å²) >= 11 is 0. The first-order valence-electron chi connectivity index (χ1n) is 11.8. The van der Waals surface area contributed by atoms with Gasteiger partial charge in [-0.1, -0.05) is 42.5 Å². The molecule has 0 atom stereocenters. The summed E-state index contributed by atoms with van der Waals surface area (Å²) in [5.74, 6) is -0.640. The molecule has 0 unspecified atom stereocenters. The zero-order valence-corrected chi connectivity index (χ0v) is 19.9. The molecule has 180 valence electrons. The standard InChI is InChI=1S/C29H25N3O4/c1-19(33)20-10-12-23(13-11-20)30-27(34)18-32-26-9-5-4-8-24(26)25(16-28(32)35)29(36)31-15-14-21-6-2-3-7-22(21)17-31/h2-13,16H,14-15,17-18H2,1H3,(H,30,34). The van der Waals surface area contributed by atoms with E-state index in [4.69, 9.17) is 0 Å². The third-order valence-corrected chi connectivity index (χ3v) is 6.54. The fraction of sp³-hybridized carbons (Fsp3) is 0.172. The molecule has 1 aliphatic heterocycles. The zero-order valence-electron chi connectivity index (χ0n) is 19.9. The summed E-state index contributed by atoms with van der Waals surface area (Å²) in [6.07, 6.45) is 0.768. The number of hydrogen-bond donors (Lipinski definition) is 1. The van der Waals surface area contributed by atoms with Gasteiger partial charge in [-0.05, 0) is 54.8 Å². The van der Waals surface area contributed by atoms with Gasteiger partial charge in [-0.25, -0.2) is 0 Å². The van der Waals surface area contributed by atoms with Crippen molar-refractivity contribution in [3.05, 3.63) is 111 Å². The molecule has 0 spiro atoms. The van der Waals surface area contributed by atoms with Crippen molar-refractivity contribution in [3.63, 3.8) is 0 Å². The highest BCUT2D eigenvalue weighted by atomic mass is 16.2. The van der Waals surface area contributed by atoms with E-state index in [9.17, 15) is 19.2 Å². The number of ketones is 1. The minimum Gasteiger partial charge on any atom is -0.334 e. The van der Waals surface area contributed by atoms with Crippen molar-refractivity contribution in [2.24, 2.45) is 0 Å². The van der Waals surface area contributed by atoms with Crippen molar-refractivity contribution in [3.8, 4) is 0 Å². The van der Waals surface area contributed by atoms with Crippen molar-refractivity contribution in [2.75, 3.05) is 11.9 Å². The van der Waals surface area contributed by atoms with Crippen LogP contribution >= 0.6 is 0 Å². The summed E-state index contributed by atoms with van der Waals surface area (Å²) in [7, 11) is 0. The Morgan fingerprint density at radius 2 is 1.58 bits per heavy atom. The lowest BCUT2D eigenvalue weighted by Crippen LogP contribution is -2.37. The molecule has 7 nitrogen and oxygen atoms in total. The maximum Gasteiger partial charge on any atom is 0.255 e. The van der Waals surface area contributed by atoms with E-state index in [0.717, 1.165) is 12.0 Å². The number of rotatable bonds is 5. The number of fused-ring (bicyclic) bond motifs is 2. The highest BCUT2D eigenvalue weighted by Gasteiger charge is 2.24. The topological polar surface area (TPSA) is 88.5 Å². The molecule has 1 aliphatic rings. The number of para-hydroxylation sites is 1. The average molecular weight is 480 g/mol. The molecule has 2 heterocycles. The Hall–Kier alpha value is -4.52. The van der Waals surface area contributed by atoms with Gasteiger partial charge in [0.1, 0.15) is 6.54 Å². The van der Waals surface area contributed by atoms with Gasteiger partial charge in [-0.3, -0.25) is 23.7 Å². The van der Waals surface area contributed by atoms with Gasteiger partial charge in [0.25, 0.3) is 11.5 Å². The van der Waals surface area contributed by atoms with Gasteiger partial charge >= 0.3 is 0 Å². The van der Waals surface area contributed by atoms with E-state index in [0.29, 0.717) is 40.8 Å². The second kappa shape index (κ2) is 9.62. The first-order chi connectivity index (χ1) is 17.4. The highest BCUT2D eigenvalue weighted by Crippen LogP contribution is 2.23. The number of nitrogens with zero attached hydrogens (tertiary/aromatic N) is 2. The van der Waals surface area contributed by atoms with Gasteiger partial charge in [0.15, 0.2) is 5.78 Å². The highest BCUT2D eigenvalue weighted by molar-refractivity contribution is 6.06. The zero-order chi connectivity index (χ0) is 25.2. The predicted octanol–water partition coefficient (Wildman–Crippen LogP) is 4.04. The molecule has 0 saturated carbocycles. The van der Waals surface area contributed by atoms with Gasteiger partial charge in [0.2, 0.25) is 5.91 Å². The predicted molar refractivity (Wildman–Crippen MR) is 138 cm³/mol. The monoisotopic (exact) mass is 479 g/mol. The summed E-state index contributed by atoms with van der Waals surface area (Å²) in [6, 6.07) is 23.1. The van der Waals surface area contributed by atoms with Crippen LogP contribution in [0.25, 0.3) is 10.9 Å². The molecule has 5 rings (SSSR count). The summed E-state index contributed by atoms with van der Waals surface area (Å²) in [5.41, 5.74) is 3.87. The molecule has 0 saturated heterocycles. The quantitative estimate of drug-likeness (QED) is 0.438. The number of Topliss-reactive ketones (excluding diaryl/α,β-unsaturated/α-hetero) is 1. The van der Waals surface area contributed by atoms with E-state index >= 15 is 0 Å². The van der Waals surface area contributed by atoms with Crippen LogP contribution in [0.3, 0.4) is 0 Å². The van der Waals surface area contributed by atoms with Gasteiger partial charge in [0, 0.05) is 35.8 Å². The van der Waals surface area contributed by atoms with E-state index < -0.39 is 5.56 Å². The third kappa shape index (κ3) is 4.55. The molecule has 36 heavy (non-hydrogen) atoms. The van der Waals surface area contributed by atoms with E-state index in [2.05, 4.69) is 11.4 Å². The lowest BCUT2D eigenvalue weighted by atomic mass is 9.98. The van der Waals surface area contributed by atoms with Gasteiger partial charge in [-0.2, -0.15) is 0 Å². The van der Waals surface area contributed by atoms with Crippen molar-refractivity contribution >= 4 is 34.2 Å². The lowest BCUT2D eigenvalue weighted by molar-refractivity contribution is -0.116. The summed E-state index contributed by atoms with van der Waals surface area (Å²) in [5, 5.41) is 3.39. The van der Waals surface area contributed by atoms with E-state index in [-0.39, 0.29) is 24.1 Å². The molecule has 0 aliphatic carbocycles. The molecule has 7 heteroatoms. The van der Waals surface area contributed by atoms with Crippen LogP contribution in [0, 0.1) is 0 Å². The second-order valence-electron chi connectivity index (χ2n) is 8.93. The molecule has 1 N–H and O–H groups in total. The maximum atomic E-state index is 13.5. The fourth-order valence-electron chi connectivity index (χ4n) is 4.65. The summed E-state index contributed by atoms with van der Waals surface area (Å²) < 4.78 is 1.37. The van der Waals surface area contributed by atoms with Crippen LogP contribution in [0.5, 0.6) is 0 Å². The van der Waals surface area contributed by atoms with E-state index in [1.807, 2.05) is 24.3 Å². The largest absolute Gasteiger partial charge is 0.334 e. The Kier molecular flexibility index (Phi) is 6.21. The second-order valence-corrected chi connectivity index (χ2v) is 8.93. The third-order valence-electron chi connectivity index (χ3n) is 6.54. The van der Waals surface area contributed by atoms with Crippen LogP contribution in [-0.2, 0) is 24.3 Å². The number of amides is 2. The number of carbonyl (C=O) groups is 3.